The molecule has 1 atom stereocenters. The van der Waals surface area contributed by atoms with E-state index in [4.69, 9.17) is 0 Å². The van der Waals surface area contributed by atoms with Gasteiger partial charge >= 0.3 is 0 Å². The summed E-state index contributed by atoms with van der Waals surface area (Å²) >= 11 is 0. The summed E-state index contributed by atoms with van der Waals surface area (Å²) in [6, 6.07) is 16.6. The number of carbonyl (C=O) groups excluding carboxylic acids is 3. The first kappa shape index (κ1) is 21.1. The van der Waals surface area contributed by atoms with Gasteiger partial charge in [0.05, 0.1) is 11.6 Å². The number of nitrogens with zero attached hydrogens (tertiary/aromatic N) is 2. The van der Waals surface area contributed by atoms with Crippen LogP contribution in [0, 0.1) is 0 Å². The van der Waals surface area contributed by atoms with Crippen LogP contribution in [0.15, 0.2) is 84.8 Å². The number of ketones is 1. The van der Waals surface area contributed by atoms with Gasteiger partial charge in [-0.25, -0.2) is 0 Å². The maximum atomic E-state index is 13.3. The van der Waals surface area contributed by atoms with Gasteiger partial charge in [0.1, 0.15) is 5.76 Å². The molecule has 1 unspecified atom stereocenters. The molecule has 3 N–H and O–H groups in total. The Balaban J connectivity index is 1.71. The van der Waals surface area contributed by atoms with Crippen LogP contribution in [0.3, 0.4) is 0 Å². The van der Waals surface area contributed by atoms with E-state index in [0.29, 0.717) is 22.5 Å². The smallest absolute Gasteiger partial charge is 0.300 e. The number of anilines is 2. The lowest BCUT2D eigenvalue weighted by molar-refractivity contribution is -0.132. The number of fused-ring (bicyclic) bond motifs is 1. The number of Topliss-reactive ketones (excluding diaryl/α,β-unsaturated/α-hetero) is 1. The van der Waals surface area contributed by atoms with Crippen LogP contribution in [0.25, 0.3) is 16.7 Å². The number of pyridine rings is 1. The second kappa shape index (κ2) is 8.32. The maximum Gasteiger partial charge on any atom is 0.300 e. The third-order valence-electron chi connectivity index (χ3n) is 5.73. The number of carbonyl (C=O) groups is 3. The summed E-state index contributed by atoms with van der Waals surface area (Å²) in [5.74, 6) is -2.12. The molecule has 2 amide bonds. The number of nitrogens with one attached hydrogen (secondary N) is 2. The number of aromatic nitrogens is 2. The predicted octanol–water partition coefficient (Wildman–Crippen LogP) is 4.15. The summed E-state index contributed by atoms with van der Waals surface area (Å²) in [7, 11) is 0. The monoisotopic (exact) mass is 452 g/mol. The summed E-state index contributed by atoms with van der Waals surface area (Å²) < 4.78 is 0. The Kier molecular flexibility index (Phi) is 5.18. The Hall–Kier alpha value is -4.72. The fourth-order valence-corrected chi connectivity index (χ4v) is 4.30. The Bertz CT molecular complexity index is 1470. The number of benzene rings is 2. The van der Waals surface area contributed by atoms with Crippen LogP contribution in [-0.4, -0.2) is 32.7 Å². The first-order valence-corrected chi connectivity index (χ1v) is 10.6. The lowest BCUT2D eigenvalue weighted by Gasteiger charge is -2.25. The van der Waals surface area contributed by atoms with Gasteiger partial charge in [0.15, 0.2) is 0 Å². The molecule has 2 aromatic carbocycles. The number of aliphatic hydroxyl groups is 1. The van der Waals surface area contributed by atoms with E-state index in [2.05, 4.69) is 15.3 Å². The molecule has 3 heterocycles. The number of rotatable bonds is 4. The molecule has 8 nitrogen and oxygen atoms in total. The number of para-hydroxylation sites is 1. The van der Waals surface area contributed by atoms with Crippen molar-refractivity contribution in [2.24, 2.45) is 0 Å². The van der Waals surface area contributed by atoms with Crippen molar-refractivity contribution >= 4 is 45.6 Å². The van der Waals surface area contributed by atoms with Crippen LogP contribution in [0.2, 0.25) is 0 Å². The summed E-state index contributed by atoms with van der Waals surface area (Å²) in [6.45, 7) is 1.38. The van der Waals surface area contributed by atoms with Crippen LogP contribution in [0.1, 0.15) is 24.1 Å². The first-order chi connectivity index (χ1) is 16.5. The summed E-state index contributed by atoms with van der Waals surface area (Å²) in [5, 5.41) is 14.8. The zero-order valence-electron chi connectivity index (χ0n) is 18.1. The van der Waals surface area contributed by atoms with Crippen molar-refractivity contribution in [1.29, 1.82) is 0 Å². The third-order valence-corrected chi connectivity index (χ3v) is 5.73. The van der Waals surface area contributed by atoms with E-state index >= 15 is 0 Å². The molecule has 0 spiro atoms. The van der Waals surface area contributed by atoms with Crippen LogP contribution in [0.4, 0.5) is 11.4 Å². The topological polar surface area (TPSA) is 115 Å². The fourth-order valence-electron chi connectivity index (χ4n) is 4.30. The molecule has 0 radical (unpaired) electrons. The molecule has 0 aliphatic carbocycles. The van der Waals surface area contributed by atoms with Crippen molar-refractivity contribution in [2.75, 3.05) is 10.2 Å². The normalized spacial score (nSPS) is 17.3. The summed E-state index contributed by atoms with van der Waals surface area (Å²) in [6.07, 6.45) is 4.77. The molecule has 1 aliphatic heterocycles. The molecule has 4 aromatic rings. The van der Waals surface area contributed by atoms with Gasteiger partial charge in [0.2, 0.25) is 5.91 Å². The largest absolute Gasteiger partial charge is 0.507 e. The van der Waals surface area contributed by atoms with Crippen molar-refractivity contribution in [3.8, 4) is 0 Å². The number of aliphatic hydroxyl groups excluding tert-OH is 1. The minimum absolute atomic E-state index is 0.0346. The summed E-state index contributed by atoms with van der Waals surface area (Å²) in [4.78, 5) is 46.7. The average molecular weight is 452 g/mol. The number of aromatic amines is 1. The highest BCUT2D eigenvalue weighted by molar-refractivity contribution is 6.51. The fraction of sp³-hybridized carbons (Fsp3) is 0.0769. The molecule has 1 fully saturated rings. The van der Waals surface area contributed by atoms with Gasteiger partial charge in [-0.15, -0.1) is 0 Å². The predicted molar refractivity (Wildman–Crippen MR) is 128 cm³/mol. The van der Waals surface area contributed by atoms with Gasteiger partial charge in [-0.05, 0) is 35.9 Å². The third kappa shape index (κ3) is 3.51. The molecule has 0 bridgehead atoms. The van der Waals surface area contributed by atoms with Crippen LogP contribution in [-0.2, 0) is 14.4 Å². The minimum Gasteiger partial charge on any atom is -0.507 e. The van der Waals surface area contributed by atoms with E-state index in [1.807, 2.05) is 24.3 Å². The standard InChI is InChI=1S/C26H20N4O4/c1-15(31)29-17-7-4-8-18(12-17)30-23(16-6-5-11-27-13-16)22(25(33)26(30)34)24(32)20-14-28-21-10-3-2-9-19(20)21/h2-14,23,28,32H,1H3,(H,29,31)/b24-22-. The average Bonchev–Trinajstić information content (AvgIpc) is 3.38. The Morgan fingerprint density at radius 1 is 1.09 bits per heavy atom. The maximum absolute atomic E-state index is 13.3. The zero-order chi connectivity index (χ0) is 23.8. The van der Waals surface area contributed by atoms with E-state index in [9.17, 15) is 19.5 Å². The van der Waals surface area contributed by atoms with Gasteiger partial charge in [-0.3, -0.25) is 24.3 Å². The second-order valence-corrected chi connectivity index (χ2v) is 7.93. The lowest BCUT2D eigenvalue weighted by Crippen LogP contribution is -2.29. The lowest BCUT2D eigenvalue weighted by atomic mass is 9.96. The quantitative estimate of drug-likeness (QED) is 0.244. The van der Waals surface area contributed by atoms with Crippen LogP contribution < -0.4 is 10.2 Å². The SMILES string of the molecule is CC(=O)Nc1cccc(N2C(=O)C(=O)/C(=C(\O)c3c[nH]c4ccccc34)C2c2cccnc2)c1. The Labute approximate surface area is 194 Å². The highest BCUT2D eigenvalue weighted by atomic mass is 16.3. The van der Waals surface area contributed by atoms with Gasteiger partial charge in [-0.1, -0.05) is 30.3 Å². The molecule has 34 heavy (non-hydrogen) atoms. The molecule has 5 rings (SSSR count). The number of hydrogen-bond donors (Lipinski definition) is 3. The van der Waals surface area contributed by atoms with Crippen molar-refractivity contribution in [1.82, 2.24) is 9.97 Å². The number of hydrogen-bond acceptors (Lipinski definition) is 5. The Morgan fingerprint density at radius 2 is 1.91 bits per heavy atom. The summed E-state index contributed by atoms with van der Waals surface area (Å²) in [5.41, 5.74) is 2.63. The van der Waals surface area contributed by atoms with Crippen molar-refractivity contribution in [3.05, 3.63) is 96.0 Å². The molecule has 1 aliphatic rings. The molecule has 0 saturated carbocycles. The van der Waals surface area contributed by atoms with Crippen molar-refractivity contribution < 1.29 is 19.5 Å². The molecule has 1 saturated heterocycles. The molecule has 8 heteroatoms. The zero-order valence-corrected chi connectivity index (χ0v) is 18.1. The van der Waals surface area contributed by atoms with E-state index in [0.717, 1.165) is 10.9 Å². The van der Waals surface area contributed by atoms with E-state index in [-0.39, 0.29) is 17.2 Å². The second-order valence-electron chi connectivity index (χ2n) is 7.93. The van der Waals surface area contributed by atoms with Crippen LogP contribution in [0.5, 0.6) is 0 Å². The first-order valence-electron chi connectivity index (χ1n) is 10.6. The highest BCUT2D eigenvalue weighted by Gasteiger charge is 2.47. The van der Waals surface area contributed by atoms with E-state index in [1.54, 1.807) is 55.0 Å². The number of H-pyrrole nitrogens is 1. The van der Waals surface area contributed by atoms with Crippen LogP contribution >= 0.6 is 0 Å². The van der Waals surface area contributed by atoms with Crippen molar-refractivity contribution in [2.45, 2.75) is 13.0 Å². The van der Waals surface area contributed by atoms with Crippen molar-refractivity contribution in [3.63, 3.8) is 0 Å². The van der Waals surface area contributed by atoms with E-state index in [1.165, 1.54) is 11.8 Å². The van der Waals surface area contributed by atoms with Gasteiger partial charge in [-0.2, -0.15) is 0 Å². The van der Waals surface area contributed by atoms with Gasteiger partial charge < -0.3 is 15.4 Å². The van der Waals surface area contributed by atoms with E-state index < -0.39 is 17.7 Å². The minimum atomic E-state index is -0.907. The molecular weight excluding hydrogens is 432 g/mol. The molecule has 168 valence electrons. The van der Waals surface area contributed by atoms with Gasteiger partial charge in [0, 0.05) is 53.4 Å². The highest BCUT2D eigenvalue weighted by Crippen LogP contribution is 2.43. The van der Waals surface area contributed by atoms with Gasteiger partial charge in [0.25, 0.3) is 11.7 Å². The Morgan fingerprint density at radius 3 is 2.68 bits per heavy atom. The molecular formula is C26H20N4O4. The molecule has 2 aromatic heterocycles. The number of amides is 2.